The van der Waals surface area contributed by atoms with Gasteiger partial charge in [0.2, 0.25) is 11.8 Å². The van der Waals surface area contributed by atoms with Gasteiger partial charge in [-0.25, -0.2) is 0 Å². The molecule has 0 saturated carbocycles. The maximum Gasteiger partial charge on any atom is 0.310 e. The minimum atomic E-state index is -0.745. The van der Waals surface area contributed by atoms with Crippen molar-refractivity contribution in [1.29, 1.82) is 0 Å². The van der Waals surface area contributed by atoms with E-state index in [9.17, 15) is 19.5 Å². The number of thioether (sulfide) groups is 1. The van der Waals surface area contributed by atoms with Crippen molar-refractivity contribution in [1.82, 2.24) is 14.7 Å². The van der Waals surface area contributed by atoms with E-state index < -0.39 is 28.7 Å². The quantitative estimate of drug-likeness (QED) is 0.210. The topological polar surface area (TPSA) is 99.6 Å². The number of ether oxygens (including phenoxy) is 2. The van der Waals surface area contributed by atoms with Gasteiger partial charge in [0.25, 0.3) is 0 Å². The van der Waals surface area contributed by atoms with E-state index in [0.29, 0.717) is 45.7 Å². The summed E-state index contributed by atoms with van der Waals surface area (Å²) in [7, 11) is 0. The van der Waals surface area contributed by atoms with E-state index in [1.54, 1.807) is 33.7 Å². The van der Waals surface area contributed by atoms with Crippen LogP contribution in [0, 0.1) is 17.8 Å². The van der Waals surface area contributed by atoms with Crippen molar-refractivity contribution in [3.05, 3.63) is 25.3 Å². The maximum atomic E-state index is 14.4. The monoisotopic (exact) mass is 549 g/mol. The Bertz CT molecular complexity index is 909. The third-order valence-electron chi connectivity index (χ3n) is 8.58. The minimum Gasteiger partial charge on any atom is -0.465 e. The van der Waals surface area contributed by atoms with E-state index in [0.717, 1.165) is 19.5 Å². The number of carbonyl (C=O) groups excluding carboxylic acids is 3. The summed E-state index contributed by atoms with van der Waals surface area (Å²) in [6.07, 6.45) is 5.41. The standard InChI is InChI=1S/C28H43N3O6S/c1-5-7-15-37-27(35)22-21-8-9-28(38-21)23(22)25(33)31(20(18-32)19(3)4)24(28)26(34)30(10-6-2)12-11-29-13-16-36-17-14-29/h5-6,19-24,32H,1-2,7-18H2,3-4H3/t20-,21+,22-,23-,24?,28?/m0/s1. The fourth-order valence-corrected chi connectivity index (χ4v) is 8.85. The normalized spacial score (nSPS) is 31.4. The van der Waals surface area contributed by atoms with Crippen LogP contribution in [0.2, 0.25) is 0 Å². The SMILES string of the molecule is C=CCCOC(=O)[C@@H]1[C@H]2C(=O)N([C@@H](CO)C(C)C)C(C(=O)N(CC=C)CCN3CCOCC3)C23CC[C@H]1S3. The first-order valence-electron chi connectivity index (χ1n) is 13.9. The molecule has 212 valence electrons. The van der Waals surface area contributed by atoms with Crippen molar-refractivity contribution in [3.8, 4) is 0 Å². The zero-order valence-electron chi connectivity index (χ0n) is 22.8. The van der Waals surface area contributed by atoms with E-state index >= 15 is 0 Å². The van der Waals surface area contributed by atoms with Crippen molar-refractivity contribution in [2.24, 2.45) is 17.8 Å². The zero-order valence-corrected chi connectivity index (χ0v) is 23.6. The second-order valence-electron chi connectivity index (χ2n) is 11.1. The average Bonchev–Trinajstić information content (AvgIpc) is 3.55. The fourth-order valence-electron chi connectivity index (χ4n) is 6.66. The van der Waals surface area contributed by atoms with Crippen molar-refractivity contribution in [2.45, 2.75) is 55.2 Å². The smallest absolute Gasteiger partial charge is 0.310 e. The van der Waals surface area contributed by atoms with Gasteiger partial charge in [0.1, 0.15) is 6.04 Å². The highest BCUT2D eigenvalue weighted by atomic mass is 32.2. The molecule has 4 saturated heterocycles. The van der Waals surface area contributed by atoms with Crippen LogP contribution >= 0.6 is 11.8 Å². The van der Waals surface area contributed by atoms with Gasteiger partial charge in [-0.1, -0.05) is 26.0 Å². The first kappa shape index (κ1) is 29.1. The molecular formula is C28H43N3O6S. The molecule has 9 nitrogen and oxygen atoms in total. The van der Waals surface area contributed by atoms with Gasteiger partial charge in [0.05, 0.1) is 49.1 Å². The number of fused-ring (bicyclic) bond motifs is 1. The lowest BCUT2D eigenvalue weighted by atomic mass is 9.71. The molecule has 1 spiro atoms. The van der Waals surface area contributed by atoms with Gasteiger partial charge in [0.15, 0.2) is 0 Å². The maximum absolute atomic E-state index is 14.4. The number of likely N-dealkylation sites (tertiary alicyclic amines) is 1. The van der Waals surface area contributed by atoms with Crippen LogP contribution in [0.15, 0.2) is 25.3 Å². The highest BCUT2D eigenvalue weighted by Gasteiger charge is 2.74. The van der Waals surface area contributed by atoms with E-state index in [-0.39, 0.29) is 42.2 Å². The highest BCUT2D eigenvalue weighted by Crippen LogP contribution is 2.67. The summed E-state index contributed by atoms with van der Waals surface area (Å²) in [6, 6.07) is -1.26. The lowest BCUT2D eigenvalue weighted by molar-refractivity contribution is -0.154. The van der Waals surface area contributed by atoms with Gasteiger partial charge in [-0.15, -0.1) is 24.9 Å². The average molecular weight is 550 g/mol. The lowest BCUT2D eigenvalue weighted by Crippen LogP contribution is -2.59. The van der Waals surface area contributed by atoms with Crippen LogP contribution in [-0.2, 0) is 23.9 Å². The number of hydrogen-bond donors (Lipinski definition) is 1. The summed E-state index contributed by atoms with van der Waals surface area (Å²) < 4.78 is 10.3. The van der Waals surface area contributed by atoms with Crippen molar-refractivity contribution in [2.75, 3.05) is 59.2 Å². The second kappa shape index (κ2) is 12.5. The molecule has 38 heavy (non-hydrogen) atoms. The Morgan fingerprint density at radius 3 is 2.66 bits per heavy atom. The number of amides is 2. The Hall–Kier alpha value is -1.88. The molecule has 6 atom stereocenters. The highest BCUT2D eigenvalue weighted by molar-refractivity contribution is 8.02. The number of rotatable bonds is 13. The van der Waals surface area contributed by atoms with Crippen LogP contribution in [-0.4, -0.2) is 119 Å². The number of aliphatic hydroxyl groups is 1. The van der Waals surface area contributed by atoms with E-state index in [4.69, 9.17) is 9.47 Å². The number of morpholine rings is 1. The molecule has 0 aromatic heterocycles. The molecule has 4 heterocycles. The number of esters is 1. The Balaban J connectivity index is 1.65. The van der Waals surface area contributed by atoms with Crippen LogP contribution in [0.5, 0.6) is 0 Å². The first-order valence-corrected chi connectivity index (χ1v) is 14.8. The fraction of sp³-hybridized carbons (Fsp3) is 0.750. The summed E-state index contributed by atoms with van der Waals surface area (Å²) in [5.41, 5.74) is 0. The largest absolute Gasteiger partial charge is 0.465 e. The molecule has 2 bridgehead atoms. The van der Waals surface area contributed by atoms with Crippen LogP contribution in [0.3, 0.4) is 0 Å². The molecule has 10 heteroatoms. The molecule has 0 aliphatic carbocycles. The number of aliphatic hydroxyl groups excluding tert-OH is 1. The van der Waals surface area contributed by atoms with Crippen molar-refractivity contribution in [3.63, 3.8) is 0 Å². The molecule has 2 amide bonds. The summed E-state index contributed by atoms with van der Waals surface area (Å²) in [4.78, 5) is 47.6. The van der Waals surface area contributed by atoms with Crippen molar-refractivity contribution < 1.29 is 29.0 Å². The molecule has 0 aromatic rings. The zero-order chi connectivity index (χ0) is 27.4. The van der Waals surface area contributed by atoms with Gasteiger partial charge in [-0.05, 0) is 25.2 Å². The molecule has 0 aromatic carbocycles. The van der Waals surface area contributed by atoms with Crippen LogP contribution in [0.4, 0.5) is 0 Å². The lowest BCUT2D eigenvalue weighted by Gasteiger charge is -2.41. The van der Waals surface area contributed by atoms with Gasteiger partial charge in [-0.3, -0.25) is 19.3 Å². The molecule has 1 N–H and O–H groups in total. The molecule has 4 rings (SSSR count). The number of carbonyl (C=O) groups is 3. The molecule has 4 aliphatic rings. The summed E-state index contributed by atoms with van der Waals surface area (Å²) in [5.74, 6) is -1.97. The number of nitrogens with zero attached hydrogens (tertiary/aromatic N) is 3. The van der Waals surface area contributed by atoms with E-state index in [2.05, 4.69) is 18.1 Å². The molecule has 2 unspecified atom stereocenters. The predicted molar refractivity (Wildman–Crippen MR) is 146 cm³/mol. The van der Waals surface area contributed by atoms with Crippen LogP contribution in [0.1, 0.15) is 33.1 Å². The Morgan fingerprint density at radius 2 is 2.03 bits per heavy atom. The molecule has 4 aliphatic heterocycles. The molecular weight excluding hydrogens is 506 g/mol. The minimum absolute atomic E-state index is 0.0505. The van der Waals surface area contributed by atoms with Gasteiger partial charge < -0.3 is 24.4 Å². The Kier molecular flexibility index (Phi) is 9.60. The van der Waals surface area contributed by atoms with Gasteiger partial charge in [0, 0.05) is 38.0 Å². The predicted octanol–water partition coefficient (Wildman–Crippen LogP) is 1.56. The van der Waals surface area contributed by atoms with Gasteiger partial charge in [-0.2, -0.15) is 0 Å². The Morgan fingerprint density at radius 1 is 1.29 bits per heavy atom. The molecule has 4 fully saturated rings. The third kappa shape index (κ3) is 5.29. The van der Waals surface area contributed by atoms with Crippen molar-refractivity contribution >= 4 is 29.5 Å². The van der Waals surface area contributed by atoms with Crippen LogP contribution in [0.25, 0.3) is 0 Å². The number of hydrogen-bond acceptors (Lipinski definition) is 8. The summed E-state index contributed by atoms with van der Waals surface area (Å²) in [5, 5.41) is 10.3. The molecule has 0 radical (unpaired) electrons. The summed E-state index contributed by atoms with van der Waals surface area (Å²) in [6.45, 7) is 16.0. The van der Waals surface area contributed by atoms with E-state index in [1.165, 1.54) is 0 Å². The van der Waals surface area contributed by atoms with Gasteiger partial charge >= 0.3 is 5.97 Å². The Labute approximate surface area is 230 Å². The van der Waals surface area contributed by atoms with Crippen LogP contribution < -0.4 is 0 Å². The second-order valence-corrected chi connectivity index (χ2v) is 12.7. The van der Waals surface area contributed by atoms with E-state index in [1.807, 2.05) is 13.8 Å². The summed E-state index contributed by atoms with van der Waals surface area (Å²) >= 11 is 1.62. The first-order chi connectivity index (χ1) is 18.3. The third-order valence-corrected chi connectivity index (χ3v) is 10.5.